The lowest BCUT2D eigenvalue weighted by atomic mass is 10.0. The summed E-state index contributed by atoms with van der Waals surface area (Å²) in [6.45, 7) is 0.736. The van der Waals surface area contributed by atoms with Crippen molar-refractivity contribution in [2.24, 2.45) is 0 Å². The molecule has 42 heavy (non-hydrogen) atoms. The second kappa shape index (κ2) is 13.7. The Morgan fingerprint density at radius 2 is 1.60 bits per heavy atom. The highest BCUT2D eigenvalue weighted by atomic mass is 32.2. The average Bonchev–Trinajstić information content (AvgIpc) is 3.47. The van der Waals surface area contributed by atoms with Crippen molar-refractivity contribution in [1.82, 2.24) is 10.2 Å². The van der Waals surface area contributed by atoms with Crippen LogP contribution in [0.1, 0.15) is 54.1 Å². The molecular formula is C32H36FN3O5S. The molecule has 0 radical (unpaired) electrons. The zero-order valence-corrected chi connectivity index (χ0v) is 24.6. The number of ketones is 1. The predicted octanol–water partition coefficient (Wildman–Crippen LogP) is 4.49. The molecule has 1 unspecified atom stereocenters. The summed E-state index contributed by atoms with van der Waals surface area (Å²) in [5.41, 5.74) is 1.88. The maximum Gasteiger partial charge on any atom is 0.244 e. The van der Waals surface area contributed by atoms with Gasteiger partial charge < -0.3 is 10.2 Å². The maximum atomic E-state index is 14.1. The summed E-state index contributed by atoms with van der Waals surface area (Å²) in [5.74, 6) is -1.63. The van der Waals surface area contributed by atoms with Gasteiger partial charge in [0.15, 0.2) is 5.78 Å². The molecule has 222 valence electrons. The molecule has 1 aliphatic rings. The van der Waals surface area contributed by atoms with Crippen LogP contribution in [0, 0.1) is 5.82 Å². The lowest BCUT2D eigenvalue weighted by molar-refractivity contribution is -0.140. The molecule has 0 saturated heterocycles. The van der Waals surface area contributed by atoms with Gasteiger partial charge in [0.25, 0.3) is 0 Å². The number of carbonyl (C=O) groups is 3. The topological polar surface area (TPSA) is 104 Å². The van der Waals surface area contributed by atoms with E-state index >= 15 is 0 Å². The van der Waals surface area contributed by atoms with E-state index in [0.717, 1.165) is 41.8 Å². The van der Waals surface area contributed by atoms with E-state index in [-0.39, 0.29) is 36.4 Å². The van der Waals surface area contributed by atoms with Gasteiger partial charge in [-0.25, -0.2) is 12.8 Å². The number of carbonyl (C=O) groups excluding carboxylic acids is 3. The Bertz CT molecular complexity index is 1510. The highest BCUT2D eigenvalue weighted by Crippen LogP contribution is 2.23. The van der Waals surface area contributed by atoms with Crippen molar-refractivity contribution in [1.29, 1.82) is 0 Å². The summed E-state index contributed by atoms with van der Waals surface area (Å²) in [6, 6.07) is 20.0. The number of amides is 2. The lowest BCUT2D eigenvalue weighted by Gasteiger charge is -2.34. The third kappa shape index (κ3) is 8.25. The quantitative estimate of drug-likeness (QED) is 0.312. The Morgan fingerprint density at radius 3 is 2.21 bits per heavy atom. The molecule has 1 aliphatic carbocycles. The van der Waals surface area contributed by atoms with Crippen LogP contribution in [-0.2, 0) is 32.6 Å². The Morgan fingerprint density at radius 1 is 0.929 bits per heavy atom. The van der Waals surface area contributed by atoms with Crippen LogP contribution in [0.2, 0.25) is 0 Å². The molecule has 3 aromatic rings. The SMILES string of the molecule is CC(=O)c1cccc(N(CC(=O)N(Cc2ccc(F)cc2)C(Cc2ccccc2)C(=O)NC2CCCC2)S(C)(=O)=O)c1. The maximum absolute atomic E-state index is 14.1. The fourth-order valence-corrected chi connectivity index (χ4v) is 6.04. The molecule has 1 N–H and O–H groups in total. The number of Topliss-reactive ketones (excluding diaryl/α,β-unsaturated/α-hetero) is 1. The number of sulfonamides is 1. The van der Waals surface area contributed by atoms with Crippen molar-refractivity contribution in [3.8, 4) is 0 Å². The van der Waals surface area contributed by atoms with Gasteiger partial charge in [0.1, 0.15) is 18.4 Å². The van der Waals surface area contributed by atoms with Gasteiger partial charge >= 0.3 is 0 Å². The van der Waals surface area contributed by atoms with Crippen LogP contribution in [0.3, 0.4) is 0 Å². The Hall–Kier alpha value is -4.05. The van der Waals surface area contributed by atoms with Crippen LogP contribution < -0.4 is 9.62 Å². The first-order valence-corrected chi connectivity index (χ1v) is 15.8. The van der Waals surface area contributed by atoms with Gasteiger partial charge in [0, 0.05) is 24.6 Å². The first kappa shape index (κ1) is 30.9. The van der Waals surface area contributed by atoms with Crippen LogP contribution in [0.5, 0.6) is 0 Å². The summed E-state index contributed by atoms with van der Waals surface area (Å²) >= 11 is 0. The number of rotatable bonds is 12. The van der Waals surface area contributed by atoms with E-state index in [4.69, 9.17) is 0 Å². The smallest absolute Gasteiger partial charge is 0.244 e. The molecule has 1 fully saturated rings. The highest BCUT2D eigenvalue weighted by molar-refractivity contribution is 7.92. The summed E-state index contributed by atoms with van der Waals surface area (Å²) in [7, 11) is -3.97. The minimum absolute atomic E-state index is 0.000357. The second-order valence-corrected chi connectivity index (χ2v) is 12.6. The number of nitrogens with zero attached hydrogens (tertiary/aromatic N) is 2. The molecule has 1 atom stereocenters. The van der Waals surface area contributed by atoms with Crippen LogP contribution in [0.25, 0.3) is 0 Å². The Balaban J connectivity index is 1.73. The summed E-state index contributed by atoms with van der Waals surface area (Å²) in [5, 5.41) is 3.10. The molecule has 3 aromatic carbocycles. The van der Waals surface area contributed by atoms with E-state index in [2.05, 4.69) is 5.32 Å². The fraction of sp³-hybridized carbons (Fsp3) is 0.344. The normalized spacial score (nSPS) is 14.3. The number of benzene rings is 3. The summed E-state index contributed by atoms with van der Waals surface area (Å²) in [6.07, 6.45) is 4.91. The lowest BCUT2D eigenvalue weighted by Crippen LogP contribution is -2.54. The number of nitrogens with one attached hydrogen (secondary N) is 1. The van der Waals surface area contributed by atoms with Gasteiger partial charge in [-0.3, -0.25) is 18.7 Å². The Kier molecular flexibility index (Phi) is 10.1. The molecule has 0 heterocycles. The number of hydrogen-bond acceptors (Lipinski definition) is 5. The van der Waals surface area contributed by atoms with Gasteiger partial charge in [0.05, 0.1) is 11.9 Å². The molecule has 1 saturated carbocycles. The number of halogens is 1. The van der Waals surface area contributed by atoms with E-state index < -0.39 is 34.3 Å². The molecular weight excluding hydrogens is 557 g/mol. The zero-order chi connectivity index (χ0) is 30.3. The van der Waals surface area contributed by atoms with Crippen molar-refractivity contribution in [2.45, 2.75) is 57.7 Å². The van der Waals surface area contributed by atoms with Gasteiger partial charge in [-0.05, 0) is 55.2 Å². The van der Waals surface area contributed by atoms with Crippen LogP contribution in [0.15, 0.2) is 78.9 Å². The van der Waals surface area contributed by atoms with Crippen molar-refractivity contribution < 1.29 is 27.2 Å². The minimum atomic E-state index is -3.97. The van der Waals surface area contributed by atoms with Crippen LogP contribution >= 0.6 is 0 Å². The summed E-state index contributed by atoms with van der Waals surface area (Å²) < 4.78 is 40.5. The van der Waals surface area contributed by atoms with Gasteiger partial charge in [-0.2, -0.15) is 0 Å². The summed E-state index contributed by atoms with van der Waals surface area (Å²) in [4.78, 5) is 41.3. The van der Waals surface area contributed by atoms with E-state index in [1.165, 1.54) is 48.2 Å². The molecule has 8 nitrogen and oxygen atoms in total. The van der Waals surface area contributed by atoms with Crippen molar-refractivity contribution in [3.05, 3.63) is 101 Å². The predicted molar refractivity (Wildman–Crippen MR) is 160 cm³/mol. The number of hydrogen-bond donors (Lipinski definition) is 1. The molecule has 0 aromatic heterocycles. The third-order valence-corrected chi connectivity index (χ3v) is 8.60. The fourth-order valence-electron chi connectivity index (χ4n) is 5.20. The van der Waals surface area contributed by atoms with Crippen LogP contribution in [0.4, 0.5) is 10.1 Å². The average molecular weight is 594 g/mol. The Labute approximate surface area is 246 Å². The standard InChI is InChI=1S/C32H36FN3O5S/c1-23(37)26-11-8-14-29(20-26)36(42(2,40)41)22-31(38)35(21-25-15-17-27(33)18-16-25)30(19-24-9-4-3-5-10-24)32(39)34-28-12-6-7-13-28/h3-5,8-11,14-18,20,28,30H,6-7,12-13,19,21-22H2,1-2H3,(H,34,39). The third-order valence-electron chi connectivity index (χ3n) is 7.46. The van der Waals surface area contributed by atoms with Crippen molar-refractivity contribution in [3.63, 3.8) is 0 Å². The minimum Gasteiger partial charge on any atom is -0.352 e. The molecule has 0 spiro atoms. The van der Waals surface area contributed by atoms with E-state index in [1.807, 2.05) is 30.3 Å². The largest absolute Gasteiger partial charge is 0.352 e. The first-order chi connectivity index (χ1) is 20.0. The van der Waals surface area contributed by atoms with Gasteiger partial charge in [0.2, 0.25) is 21.8 Å². The van der Waals surface area contributed by atoms with Gasteiger partial charge in [-0.15, -0.1) is 0 Å². The van der Waals surface area contributed by atoms with Crippen molar-refractivity contribution in [2.75, 3.05) is 17.1 Å². The molecule has 0 aliphatic heterocycles. The van der Waals surface area contributed by atoms with Gasteiger partial charge in [-0.1, -0.05) is 67.4 Å². The van der Waals surface area contributed by atoms with E-state index in [9.17, 15) is 27.2 Å². The van der Waals surface area contributed by atoms with Crippen LogP contribution in [-0.4, -0.2) is 55.8 Å². The van der Waals surface area contributed by atoms with E-state index in [1.54, 1.807) is 12.1 Å². The molecule has 0 bridgehead atoms. The highest BCUT2D eigenvalue weighted by Gasteiger charge is 2.34. The molecule has 2 amide bonds. The monoisotopic (exact) mass is 593 g/mol. The number of anilines is 1. The zero-order valence-electron chi connectivity index (χ0n) is 23.8. The van der Waals surface area contributed by atoms with Crippen molar-refractivity contribution >= 4 is 33.3 Å². The molecule has 4 rings (SSSR count). The second-order valence-electron chi connectivity index (χ2n) is 10.7. The van der Waals surface area contributed by atoms with E-state index in [0.29, 0.717) is 11.1 Å². The molecule has 10 heteroatoms. The first-order valence-electron chi connectivity index (χ1n) is 14.0.